The number of aliphatic hydroxyl groups is 1. The van der Waals surface area contributed by atoms with Gasteiger partial charge < -0.3 is 19.3 Å². The normalized spacial score (nSPS) is 11.8. The van der Waals surface area contributed by atoms with Crippen molar-refractivity contribution in [3.05, 3.63) is 81.7 Å². The van der Waals surface area contributed by atoms with Gasteiger partial charge in [0.2, 0.25) is 0 Å². The highest BCUT2D eigenvalue weighted by Gasteiger charge is 2.30. The van der Waals surface area contributed by atoms with Crippen LogP contribution in [-0.2, 0) is 6.61 Å². The van der Waals surface area contributed by atoms with Gasteiger partial charge in [0.25, 0.3) is 5.56 Å². The molecule has 0 spiro atoms. The van der Waals surface area contributed by atoms with Crippen LogP contribution in [0.25, 0.3) is 5.69 Å². The Morgan fingerprint density at radius 3 is 2.24 bits per heavy atom. The van der Waals surface area contributed by atoms with Crippen molar-refractivity contribution in [3.8, 4) is 22.9 Å². The summed E-state index contributed by atoms with van der Waals surface area (Å²) in [4.78, 5) is 12.5. The first-order valence-electron chi connectivity index (χ1n) is 9.75. The average molecular weight is 484 g/mol. The topological polar surface area (TPSA) is 69.9 Å². The maximum atomic E-state index is 12.5. The van der Waals surface area contributed by atoms with Gasteiger partial charge in [0, 0.05) is 12.3 Å². The molecule has 1 heterocycles. The molecule has 1 N–H and O–H groups in total. The lowest BCUT2D eigenvalue weighted by molar-refractivity contribution is -0.274. The zero-order valence-corrected chi connectivity index (χ0v) is 18.5. The number of hydrogen-bond acceptors (Lipinski definition) is 5. The van der Waals surface area contributed by atoms with Crippen LogP contribution in [0.5, 0.6) is 17.2 Å². The third kappa shape index (κ3) is 7.44. The first-order valence-corrected chi connectivity index (χ1v) is 10.1. The Labute approximate surface area is 192 Å². The van der Waals surface area contributed by atoms with Crippen molar-refractivity contribution in [2.45, 2.75) is 32.4 Å². The standard InChI is InChI=1S/C23H21ClF3NO5/c1-22(2,30)14-32-20-8-5-16(11-19(20)24)28-10-9-18(12-21(28)29)31-13-15-3-6-17(7-4-15)33-23(25,26)27/h3-12,30H,13-14H2,1-2H3. The van der Waals surface area contributed by atoms with Gasteiger partial charge in [-0.15, -0.1) is 13.2 Å². The first-order chi connectivity index (χ1) is 15.4. The van der Waals surface area contributed by atoms with Crippen LogP contribution in [0.3, 0.4) is 0 Å². The van der Waals surface area contributed by atoms with Gasteiger partial charge in [-0.05, 0) is 55.8 Å². The Morgan fingerprint density at radius 2 is 1.67 bits per heavy atom. The second kappa shape index (κ2) is 9.76. The van der Waals surface area contributed by atoms with E-state index in [0.717, 1.165) is 0 Å². The molecule has 0 saturated carbocycles. The fourth-order valence-corrected chi connectivity index (χ4v) is 2.96. The van der Waals surface area contributed by atoms with E-state index in [0.29, 0.717) is 22.7 Å². The predicted octanol–water partition coefficient (Wildman–Crippen LogP) is 5.12. The largest absolute Gasteiger partial charge is 0.573 e. The summed E-state index contributed by atoms with van der Waals surface area (Å²) in [5.41, 5.74) is -0.287. The van der Waals surface area contributed by atoms with Gasteiger partial charge >= 0.3 is 6.36 Å². The fourth-order valence-electron chi connectivity index (χ4n) is 2.73. The molecule has 3 rings (SSSR count). The van der Waals surface area contributed by atoms with Crippen molar-refractivity contribution in [1.29, 1.82) is 0 Å². The van der Waals surface area contributed by atoms with E-state index < -0.39 is 12.0 Å². The molecule has 2 aromatic carbocycles. The van der Waals surface area contributed by atoms with Gasteiger partial charge in [-0.2, -0.15) is 0 Å². The number of benzene rings is 2. The van der Waals surface area contributed by atoms with Crippen LogP contribution >= 0.6 is 11.6 Å². The zero-order chi connectivity index (χ0) is 24.2. The van der Waals surface area contributed by atoms with Crippen molar-refractivity contribution in [2.24, 2.45) is 0 Å². The maximum Gasteiger partial charge on any atom is 0.573 e. The van der Waals surface area contributed by atoms with Gasteiger partial charge in [0.15, 0.2) is 0 Å². The second-order valence-electron chi connectivity index (χ2n) is 7.77. The molecular formula is C23H21ClF3NO5. The predicted molar refractivity (Wildman–Crippen MR) is 116 cm³/mol. The van der Waals surface area contributed by atoms with E-state index in [-0.39, 0.29) is 29.5 Å². The number of nitrogens with zero attached hydrogens (tertiary/aromatic N) is 1. The Morgan fingerprint density at radius 1 is 0.970 bits per heavy atom. The Bertz CT molecular complexity index is 1150. The number of rotatable bonds is 8. The van der Waals surface area contributed by atoms with Crippen LogP contribution in [0.1, 0.15) is 19.4 Å². The molecular weight excluding hydrogens is 463 g/mol. The molecule has 0 bridgehead atoms. The molecule has 0 saturated heterocycles. The van der Waals surface area contributed by atoms with Gasteiger partial charge in [-0.25, -0.2) is 0 Å². The fraction of sp³-hybridized carbons (Fsp3) is 0.261. The van der Waals surface area contributed by atoms with Crippen LogP contribution in [0, 0.1) is 0 Å². The minimum Gasteiger partial charge on any atom is -0.489 e. The summed E-state index contributed by atoms with van der Waals surface area (Å²) in [6.45, 7) is 3.32. The molecule has 0 aliphatic rings. The number of ether oxygens (including phenoxy) is 3. The van der Waals surface area contributed by atoms with Crippen LogP contribution in [0.15, 0.2) is 65.6 Å². The second-order valence-corrected chi connectivity index (χ2v) is 8.17. The smallest absolute Gasteiger partial charge is 0.489 e. The molecule has 0 unspecified atom stereocenters. The van der Waals surface area contributed by atoms with E-state index >= 15 is 0 Å². The summed E-state index contributed by atoms with van der Waals surface area (Å²) >= 11 is 6.24. The van der Waals surface area contributed by atoms with Crippen LogP contribution in [0.2, 0.25) is 5.02 Å². The highest BCUT2D eigenvalue weighted by atomic mass is 35.5. The molecule has 0 radical (unpaired) electrons. The molecule has 1 aromatic heterocycles. The van der Waals surface area contributed by atoms with E-state index in [4.69, 9.17) is 21.1 Å². The lowest BCUT2D eigenvalue weighted by Gasteiger charge is -2.18. The molecule has 33 heavy (non-hydrogen) atoms. The molecule has 0 atom stereocenters. The van der Waals surface area contributed by atoms with E-state index in [9.17, 15) is 23.1 Å². The van der Waals surface area contributed by atoms with Gasteiger partial charge in [0.05, 0.1) is 16.3 Å². The van der Waals surface area contributed by atoms with Gasteiger partial charge in [-0.1, -0.05) is 23.7 Å². The molecule has 6 nitrogen and oxygen atoms in total. The average Bonchev–Trinajstić information content (AvgIpc) is 2.71. The molecule has 3 aromatic rings. The van der Waals surface area contributed by atoms with Crippen molar-refractivity contribution >= 4 is 11.6 Å². The number of pyridine rings is 1. The van der Waals surface area contributed by atoms with Gasteiger partial charge in [0.1, 0.15) is 30.5 Å². The number of alkyl halides is 3. The van der Waals surface area contributed by atoms with E-state index in [1.165, 1.54) is 41.1 Å². The van der Waals surface area contributed by atoms with Crippen molar-refractivity contribution < 1.29 is 32.5 Å². The summed E-state index contributed by atoms with van der Waals surface area (Å²) in [5, 5.41) is 10.0. The van der Waals surface area contributed by atoms with Crippen LogP contribution < -0.4 is 19.8 Å². The summed E-state index contributed by atoms with van der Waals surface area (Å²) < 4.78 is 52.9. The lowest BCUT2D eigenvalue weighted by Crippen LogP contribution is -2.27. The summed E-state index contributed by atoms with van der Waals surface area (Å²) in [5.74, 6) is 0.342. The summed E-state index contributed by atoms with van der Waals surface area (Å²) in [6, 6.07) is 12.9. The molecule has 0 amide bonds. The molecule has 10 heteroatoms. The van der Waals surface area contributed by atoms with E-state index in [1.807, 2.05) is 0 Å². The molecule has 0 fully saturated rings. The lowest BCUT2D eigenvalue weighted by atomic mass is 10.2. The zero-order valence-electron chi connectivity index (χ0n) is 17.7. The Kier molecular flexibility index (Phi) is 7.24. The molecule has 176 valence electrons. The maximum absolute atomic E-state index is 12.5. The quantitative estimate of drug-likeness (QED) is 0.481. The van der Waals surface area contributed by atoms with Crippen molar-refractivity contribution in [2.75, 3.05) is 6.61 Å². The van der Waals surface area contributed by atoms with Crippen molar-refractivity contribution in [3.63, 3.8) is 0 Å². The Balaban J connectivity index is 1.65. The molecule has 0 aliphatic heterocycles. The highest BCUT2D eigenvalue weighted by molar-refractivity contribution is 6.32. The van der Waals surface area contributed by atoms with Crippen molar-refractivity contribution in [1.82, 2.24) is 4.57 Å². The van der Waals surface area contributed by atoms with Gasteiger partial charge in [-0.3, -0.25) is 9.36 Å². The SMILES string of the molecule is CC(C)(O)COc1ccc(-n2ccc(OCc3ccc(OC(F)(F)F)cc3)cc2=O)cc1Cl. The minimum atomic E-state index is -4.75. The summed E-state index contributed by atoms with van der Waals surface area (Å²) in [7, 11) is 0. The Hall–Kier alpha value is -3.17. The first kappa shape index (κ1) is 24.5. The highest BCUT2D eigenvalue weighted by Crippen LogP contribution is 2.28. The van der Waals surface area contributed by atoms with E-state index in [1.54, 1.807) is 38.1 Å². The number of hydrogen-bond donors (Lipinski definition) is 1. The van der Waals surface area contributed by atoms with Crippen LogP contribution in [0.4, 0.5) is 13.2 Å². The van der Waals surface area contributed by atoms with Crippen LogP contribution in [-0.4, -0.2) is 28.2 Å². The third-order valence-corrected chi connectivity index (χ3v) is 4.52. The third-order valence-electron chi connectivity index (χ3n) is 4.23. The molecule has 0 aliphatic carbocycles. The number of halogens is 4. The number of aromatic nitrogens is 1. The monoisotopic (exact) mass is 483 g/mol. The minimum absolute atomic E-state index is 0.0504. The van der Waals surface area contributed by atoms with E-state index in [2.05, 4.69) is 4.74 Å². The summed E-state index contributed by atoms with van der Waals surface area (Å²) in [6.07, 6.45) is -3.24.